The molecule has 1 aliphatic rings. The normalized spacial score (nSPS) is 20.1. The molecule has 0 radical (unpaired) electrons. The fraction of sp³-hybridized carbons (Fsp3) is 0.333. The van der Waals surface area contributed by atoms with E-state index in [0.717, 1.165) is 34.8 Å². The molecule has 0 spiro atoms. The number of para-hydroxylation sites is 1. The van der Waals surface area contributed by atoms with Gasteiger partial charge in [-0.3, -0.25) is 9.59 Å². The summed E-state index contributed by atoms with van der Waals surface area (Å²) >= 11 is 0. The maximum atomic E-state index is 12.6. The molecule has 4 rings (SSSR count). The second-order valence-corrected chi connectivity index (χ2v) is 7.12. The SMILES string of the molecule is CC1CCC(C(N)=O)CN1C(=O)COc1ccc2oc3ccccc3c2c1. The van der Waals surface area contributed by atoms with Gasteiger partial charge in [-0.25, -0.2) is 0 Å². The van der Waals surface area contributed by atoms with Crippen molar-refractivity contribution in [1.82, 2.24) is 4.90 Å². The van der Waals surface area contributed by atoms with Crippen molar-refractivity contribution in [3.8, 4) is 5.75 Å². The molecule has 1 saturated heterocycles. The van der Waals surface area contributed by atoms with Crippen molar-refractivity contribution in [3.05, 3.63) is 42.5 Å². The summed E-state index contributed by atoms with van der Waals surface area (Å²) < 4.78 is 11.5. The van der Waals surface area contributed by atoms with Crippen LogP contribution in [0, 0.1) is 5.92 Å². The number of fused-ring (bicyclic) bond motifs is 3. The van der Waals surface area contributed by atoms with Crippen LogP contribution in [0.5, 0.6) is 5.75 Å². The molecule has 6 heteroatoms. The average molecular weight is 366 g/mol. The maximum Gasteiger partial charge on any atom is 0.260 e. The van der Waals surface area contributed by atoms with E-state index < -0.39 is 0 Å². The van der Waals surface area contributed by atoms with Crippen molar-refractivity contribution in [2.45, 2.75) is 25.8 Å². The van der Waals surface area contributed by atoms with E-state index in [0.29, 0.717) is 12.3 Å². The molecule has 2 aromatic carbocycles. The zero-order chi connectivity index (χ0) is 19.0. The Balaban J connectivity index is 1.48. The van der Waals surface area contributed by atoms with Crippen LogP contribution in [0.25, 0.3) is 21.9 Å². The fourth-order valence-corrected chi connectivity index (χ4v) is 3.71. The number of piperidine rings is 1. The monoisotopic (exact) mass is 366 g/mol. The standard InChI is InChI=1S/C21H22N2O4/c1-13-6-7-14(21(22)25)11-23(13)20(24)12-26-15-8-9-19-17(10-15)16-4-2-3-5-18(16)27-19/h2-5,8-10,13-14H,6-7,11-12H2,1H3,(H2,22,25). The van der Waals surface area contributed by atoms with Crippen molar-refractivity contribution >= 4 is 33.8 Å². The third-order valence-corrected chi connectivity index (χ3v) is 5.32. The Bertz CT molecular complexity index is 1010. The van der Waals surface area contributed by atoms with Crippen molar-refractivity contribution in [3.63, 3.8) is 0 Å². The van der Waals surface area contributed by atoms with Crippen molar-refractivity contribution < 1.29 is 18.7 Å². The molecule has 2 amide bonds. The van der Waals surface area contributed by atoms with Crippen LogP contribution >= 0.6 is 0 Å². The summed E-state index contributed by atoms with van der Waals surface area (Å²) in [6.45, 7) is 2.28. The lowest BCUT2D eigenvalue weighted by Gasteiger charge is -2.36. The molecule has 0 bridgehead atoms. The Morgan fingerprint density at radius 3 is 2.74 bits per heavy atom. The van der Waals surface area contributed by atoms with Crippen LogP contribution in [0.2, 0.25) is 0 Å². The van der Waals surface area contributed by atoms with Gasteiger partial charge in [-0.15, -0.1) is 0 Å². The van der Waals surface area contributed by atoms with E-state index in [9.17, 15) is 9.59 Å². The molecule has 140 valence electrons. The molecule has 3 aromatic rings. The Hall–Kier alpha value is -3.02. The molecule has 1 aliphatic heterocycles. The summed E-state index contributed by atoms with van der Waals surface area (Å²) in [7, 11) is 0. The first-order valence-electron chi connectivity index (χ1n) is 9.16. The highest BCUT2D eigenvalue weighted by Gasteiger charge is 2.31. The van der Waals surface area contributed by atoms with Crippen molar-refractivity contribution in [2.24, 2.45) is 11.7 Å². The largest absolute Gasteiger partial charge is 0.484 e. The van der Waals surface area contributed by atoms with Gasteiger partial charge in [0.25, 0.3) is 5.91 Å². The van der Waals surface area contributed by atoms with E-state index in [1.165, 1.54) is 0 Å². The number of carbonyl (C=O) groups excluding carboxylic acids is 2. The number of hydrogen-bond acceptors (Lipinski definition) is 4. The lowest BCUT2D eigenvalue weighted by Crippen LogP contribution is -2.50. The predicted octanol–water partition coefficient (Wildman–Crippen LogP) is 3.08. The summed E-state index contributed by atoms with van der Waals surface area (Å²) in [5, 5.41) is 1.97. The summed E-state index contributed by atoms with van der Waals surface area (Å²) in [6.07, 6.45) is 1.50. The molecular formula is C21H22N2O4. The van der Waals surface area contributed by atoms with Crippen LogP contribution in [0.1, 0.15) is 19.8 Å². The second-order valence-electron chi connectivity index (χ2n) is 7.12. The fourth-order valence-electron chi connectivity index (χ4n) is 3.71. The molecule has 1 aromatic heterocycles. The molecule has 2 atom stereocenters. The smallest absolute Gasteiger partial charge is 0.260 e. The van der Waals surface area contributed by atoms with E-state index in [4.69, 9.17) is 14.9 Å². The van der Waals surface area contributed by atoms with Crippen LogP contribution in [-0.4, -0.2) is 35.9 Å². The van der Waals surface area contributed by atoms with Gasteiger partial charge in [0.15, 0.2) is 6.61 Å². The second kappa shape index (κ2) is 6.95. The predicted molar refractivity (Wildman–Crippen MR) is 102 cm³/mol. The van der Waals surface area contributed by atoms with Crippen LogP contribution in [-0.2, 0) is 9.59 Å². The Kier molecular flexibility index (Phi) is 4.48. The van der Waals surface area contributed by atoms with Gasteiger partial charge in [0, 0.05) is 23.4 Å². The van der Waals surface area contributed by atoms with Crippen LogP contribution < -0.4 is 10.5 Å². The Morgan fingerprint density at radius 1 is 1.15 bits per heavy atom. The van der Waals surface area contributed by atoms with E-state index in [-0.39, 0.29) is 30.4 Å². The van der Waals surface area contributed by atoms with Gasteiger partial charge in [0.1, 0.15) is 16.9 Å². The lowest BCUT2D eigenvalue weighted by atomic mass is 9.93. The maximum absolute atomic E-state index is 12.6. The van der Waals surface area contributed by atoms with Gasteiger partial charge in [-0.05, 0) is 44.0 Å². The first kappa shape index (κ1) is 17.4. The first-order chi connectivity index (χ1) is 13.0. The van der Waals surface area contributed by atoms with Crippen LogP contribution in [0.4, 0.5) is 0 Å². The van der Waals surface area contributed by atoms with Crippen LogP contribution in [0.3, 0.4) is 0 Å². The van der Waals surface area contributed by atoms with Gasteiger partial charge >= 0.3 is 0 Å². The Labute approximate surface area is 156 Å². The molecule has 0 aliphatic carbocycles. The topological polar surface area (TPSA) is 85.8 Å². The van der Waals surface area contributed by atoms with Crippen molar-refractivity contribution in [1.29, 1.82) is 0 Å². The van der Waals surface area contributed by atoms with Gasteiger partial charge in [0.05, 0.1) is 5.92 Å². The number of rotatable bonds is 4. The number of benzene rings is 2. The van der Waals surface area contributed by atoms with Crippen molar-refractivity contribution in [2.75, 3.05) is 13.2 Å². The van der Waals surface area contributed by atoms with Crippen LogP contribution in [0.15, 0.2) is 46.9 Å². The number of ether oxygens (including phenoxy) is 1. The number of hydrogen-bond donors (Lipinski definition) is 1. The number of carbonyl (C=O) groups is 2. The van der Waals surface area contributed by atoms with Gasteiger partial charge < -0.3 is 19.8 Å². The summed E-state index contributed by atoms with van der Waals surface area (Å²) in [4.78, 5) is 25.8. The molecule has 27 heavy (non-hydrogen) atoms. The summed E-state index contributed by atoms with van der Waals surface area (Å²) in [5.41, 5.74) is 7.01. The van der Waals surface area contributed by atoms with E-state index in [2.05, 4.69) is 0 Å². The zero-order valence-electron chi connectivity index (χ0n) is 15.2. The van der Waals surface area contributed by atoms with E-state index in [1.807, 2.05) is 43.3 Å². The minimum absolute atomic E-state index is 0.0723. The first-order valence-corrected chi connectivity index (χ1v) is 9.16. The quantitative estimate of drug-likeness (QED) is 0.769. The third kappa shape index (κ3) is 3.35. The zero-order valence-corrected chi connectivity index (χ0v) is 15.2. The third-order valence-electron chi connectivity index (χ3n) is 5.32. The molecule has 2 N–H and O–H groups in total. The number of furan rings is 1. The van der Waals surface area contributed by atoms with Gasteiger partial charge in [0.2, 0.25) is 5.91 Å². The van der Waals surface area contributed by atoms with Gasteiger partial charge in [-0.2, -0.15) is 0 Å². The highest BCUT2D eigenvalue weighted by atomic mass is 16.5. The number of nitrogens with two attached hydrogens (primary N) is 1. The summed E-state index contributed by atoms with van der Waals surface area (Å²) in [5.74, 6) is -0.152. The van der Waals surface area contributed by atoms with E-state index >= 15 is 0 Å². The Morgan fingerprint density at radius 2 is 1.93 bits per heavy atom. The highest BCUT2D eigenvalue weighted by molar-refractivity contribution is 6.05. The molecule has 1 fully saturated rings. The minimum atomic E-state index is -0.349. The average Bonchev–Trinajstić information content (AvgIpc) is 3.04. The molecule has 2 unspecified atom stereocenters. The van der Waals surface area contributed by atoms with Gasteiger partial charge in [-0.1, -0.05) is 18.2 Å². The molecule has 2 heterocycles. The number of amides is 2. The van der Waals surface area contributed by atoms with E-state index in [1.54, 1.807) is 11.0 Å². The number of primary amides is 1. The minimum Gasteiger partial charge on any atom is -0.484 e. The number of nitrogens with zero attached hydrogens (tertiary/aromatic N) is 1. The lowest BCUT2D eigenvalue weighted by molar-refractivity contribution is -0.139. The summed E-state index contributed by atoms with van der Waals surface area (Å²) in [6, 6.07) is 13.4. The molecule has 0 saturated carbocycles. The number of likely N-dealkylation sites (tertiary alicyclic amines) is 1. The highest BCUT2D eigenvalue weighted by Crippen LogP contribution is 2.31. The molecule has 6 nitrogen and oxygen atoms in total. The molecular weight excluding hydrogens is 344 g/mol.